The Morgan fingerprint density at radius 2 is 1.89 bits per heavy atom. The lowest BCUT2D eigenvalue weighted by Crippen LogP contribution is -2.43. The van der Waals surface area contributed by atoms with E-state index in [1.807, 2.05) is 11.3 Å². The molecule has 0 atom stereocenters. The van der Waals surface area contributed by atoms with Gasteiger partial charge < -0.3 is 4.90 Å². The second kappa shape index (κ2) is 5.00. The molecule has 0 amide bonds. The number of rotatable bonds is 2. The van der Waals surface area contributed by atoms with Crippen LogP contribution >= 0.6 is 11.3 Å². The Labute approximate surface area is 113 Å². The predicted molar refractivity (Wildman–Crippen MR) is 79.3 cm³/mol. The third-order valence-electron chi connectivity index (χ3n) is 3.70. The van der Waals surface area contributed by atoms with Crippen molar-refractivity contribution >= 4 is 21.4 Å². The number of piperazine rings is 1. The summed E-state index contributed by atoms with van der Waals surface area (Å²) in [6.45, 7) is 8.08. The molecule has 0 N–H and O–H groups in total. The largest absolute Gasteiger partial charge is 0.304 e. The highest BCUT2D eigenvalue weighted by atomic mass is 32.1. The van der Waals surface area contributed by atoms with Gasteiger partial charge in [-0.3, -0.25) is 4.90 Å². The van der Waals surface area contributed by atoms with Crippen molar-refractivity contribution in [3.8, 4) is 0 Å². The van der Waals surface area contributed by atoms with E-state index in [9.17, 15) is 0 Å². The van der Waals surface area contributed by atoms with E-state index in [1.54, 1.807) is 0 Å². The summed E-state index contributed by atoms with van der Waals surface area (Å²) in [6.07, 6.45) is 0. The summed E-state index contributed by atoms with van der Waals surface area (Å²) >= 11 is 1.95. The van der Waals surface area contributed by atoms with Crippen molar-refractivity contribution in [1.29, 1.82) is 0 Å². The fourth-order valence-corrected chi connectivity index (χ4v) is 3.70. The second-order valence-electron chi connectivity index (χ2n) is 5.33. The molecule has 1 saturated heterocycles. The van der Waals surface area contributed by atoms with Crippen molar-refractivity contribution in [3.05, 3.63) is 34.7 Å². The second-order valence-corrected chi connectivity index (χ2v) is 6.50. The minimum Gasteiger partial charge on any atom is -0.304 e. The number of hydrogen-bond donors (Lipinski definition) is 0. The topological polar surface area (TPSA) is 6.48 Å². The average Bonchev–Trinajstić information content (AvgIpc) is 2.73. The zero-order chi connectivity index (χ0) is 12.5. The summed E-state index contributed by atoms with van der Waals surface area (Å²) in [6, 6.07) is 9.11. The zero-order valence-electron chi connectivity index (χ0n) is 11.1. The first kappa shape index (κ1) is 12.2. The van der Waals surface area contributed by atoms with Crippen LogP contribution in [0.15, 0.2) is 24.3 Å². The first-order valence-corrected chi connectivity index (χ1v) is 7.42. The molecule has 3 heteroatoms. The molecule has 1 aromatic carbocycles. The van der Waals surface area contributed by atoms with Gasteiger partial charge in [-0.05, 0) is 37.1 Å². The fraction of sp³-hybridized carbons (Fsp3) is 0.467. The molecule has 0 saturated carbocycles. The number of aryl methyl sites for hydroxylation is 1. The highest BCUT2D eigenvalue weighted by Crippen LogP contribution is 2.27. The summed E-state index contributed by atoms with van der Waals surface area (Å²) in [5.41, 5.74) is 1.36. The van der Waals surface area contributed by atoms with Crippen molar-refractivity contribution in [2.24, 2.45) is 0 Å². The molecule has 2 aromatic rings. The van der Waals surface area contributed by atoms with Gasteiger partial charge in [0.1, 0.15) is 0 Å². The van der Waals surface area contributed by atoms with E-state index in [-0.39, 0.29) is 0 Å². The van der Waals surface area contributed by atoms with Crippen molar-refractivity contribution in [1.82, 2.24) is 9.80 Å². The summed E-state index contributed by atoms with van der Waals surface area (Å²) in [5, 5.41) is 1.40. The number of hydrogen-bond acceptors (Lipinski definition) is 3. The molecule has 1 fully saturated rings. The van der Waals surface area contributed by atoms with Gasteiger partial charge in [-0.15, -0.1) is 11.3 Å². The Hall–Kier alpha value is -0.900. The normalized spacial score (nSPS) is 18.6. The molecule has 0 radical (unpaired) electrons. The van der Waals surface area contributed by atoms with Crippen molar-refractivity contribution in [2.45, 2.75) is 13.5 Å². The lowest BCUT2D eigenvalue weighted by molar-refractivity contribution is 0.149. The number of fused-ring (bicyclic) bond motifs is 1. The monoisotopic (exact) mass is 260 g/mol. The average molecular weight is 260 g/mol. The zero-order valence-corrected chi connectivity index (χ0v) is 12.0. The molecule has 0 spiro atoms. The Morgan fingerprint density at radius 1 is 1.11 bits per heavy atom. The molecule has 96 valence electrons. The van der Waals surface area contributed by atoms with E-state index < -0.39 is 0 Å². The maximum atomic E-state index is 2.57. The molecular formula is C15H20N2S. The highest BCUT2D eigenvalue weighted by Gasteiger charge is 2.14. The number of likely N-dealkylation sites (N-methyl/N-ethyl adjacent to an activating group) is 1. The van der Waals surface area contributed by atoms with Crippen LogP contribution in [0.4, 0.5) is 0 Å². The molecule has 0 unspecified atom stereocenters. The first-order valence-electron chi connectivity index (χ1n) is 6.61. The van der Waals surface area contributed by atoms with Gasteiger partial charge in [0.25, 0.3) is 0 Å². The van der Waals surface area contributed by atoms with Crippen LogP contribution in [0.25, 0.3) is 10.1 Å². The first-order chi connectivity index (χ1) is 8.70. The Morgan fingerprint density at radius 3 is 2.67 bits per heavy atom. The Bertz CT molecular complexity index is 538. The Kier molecular flexibility index (Phi) is 3.37. The SMILES string of the molecule is Cc1ccc2cc(CN3CCN(C)CC3)sc2c1. The van der Waals surface area contributed by atoms with Gasteiger partial charge in [-0.2, -0.15) is 0 Å². The van der Waals surface area contributed by atoms with Crippen molar-refractivity contribution in [3.63, 3.8) is 0 Å². The van der Waals surface area contributed by atoms with Gasteiger partial charge in [-0.25, -0.2) is 0 Å². The molecule has 1 aliphatic heterocycles. The maximum Gasteiger partial charge on any atom is 0.0348 e. The standard InChI is InChI=1S/C15H20N2S/c1-12-3-4-13-10-14(18-15(13)9-12)11-17-7-5-16(2)6-8-17/h3-4,9-10H,5-8,11H2,1-2H3. The number of thiophene rings is 1. The van der Waals surface area contributed by atoms with Crippen LogP contribution < -0.4 is 0 Å². The highest BCUT2D eigenvalue weighted by molar-refractivity contribution is 7.19. The molecular weight excluding hydrogens is 240 g/mol. The smallest absolute Gasteiger partial charge is 0.0348 e. The molecule has 2 heterocycles. The van der Waals surface area contributed by atoms with E-state index >= 15 is 0 Å². The van der Waals surface area contributed by atoms with Gasteiger partial charge in [0, 0.05) is 42.3 Å². The lowest BCUT2D eigenvalue weighted by Gasteiger charge is -2.31. The van der Waals surface area contributed by atoms with Gasteiger partial charge in [0.2, 0.25) is 0 Å². The van der Waals surface area contributed by atoms with E-state index in [4.69, 9.17) is 0 Å². The Balaban J connectivity index is 1.74. The number of nitrogens with zero attached hydrogens (tertiary/aromatic N) is 2. The van der Waals surface area contributed by atoms with E-state index in [2.05, 4.69) is 48.0 Å². The molecule has 18 heavy (non-hydrogen) atoms. The predicted octanol–water partition coefficient (Wildman–Crippen LogP) is 2.96. The van der Waals surface area contributed by atoms with Gasteiger partial charge >= 0.3 is 0 Å². The minimum absolute atomic E-state index is 1.12. The van der Waals surface area contributed by atoms with Crippen LogP contribution in [-0.4, -0.2) is 43.0 Å². The maximum absolute atomic E-state index is 2.57. The third-order valence-corrected chi connectivity index (χ3v) is 4.78. The molecule has 1 aliphatic rings. The quantitative estimate of drug-likeness (QED) is 0.819. The fourth-order valence-electron chi connectivity index (χ4n) is 2.50. The van der Waals surface area contributed by atoms with Crippen LogP contribution in [0.5, 0.6) is 0 Å². The van der Waals surface area contributed by atoms with E-state index in [0.717, 1.165) is 6.54 Å². The minimum atomic E-state index is 1.12. The molecule has 0 bridgehead atoms. The van der Waals surface area contributed by atoms with Gasteiger partial charge in [0.15, 0.2) is 0 Å². The van der Waals surface area contributed by atoms with Crippen LogP contribution in [0, 0.1) is 6.92 Å². The van der Waals surface area contributed by atoms with Crippen LogP contribution in [-0.2, 0) is 6.54 Å². The van der Waals surface area contributed by atoms with Crippen LogP contribution in [0.2, 0.25) is 0 Å². The summed E-state index contributed by atoms with van der Waals surface area (Å²) in [4.78, 5) is 6.47. The molecule has 1 aromatic heterocycles. The number of benzene rings is 1. The van der Waals surface area contributed by atoms with Crippen LogP contribution in [0.1, 0.15) is 10.4 Å². The molecule has 0 aliphatic carbocycles. The van der Waals surface area contributed by atoms with Crippen molar-refractivity contribution in [2.75, 3.05) is 33.2 Å². The summed E-state index contributed by atoms with van der Waals surface area (Å²) in [5.74, 6) is 0. The lowest BCUT2D eigenvalue weighted by atomic mass is 10.2. The van der Waals surface area contributed by atoms with Crippen LogP contribution in [0.3, 0.4) is 0 Å². The van der Waals surface area contributed by atoms with Gasteiger partial charge in [0.05, 0.1) is 0 Å². The molecule has 3 rings (SSSR count). The van der Waals surface area contributed by atoms with Crippen molar-refractivity contribution < 1.29 is 0 Å². The van der Waals surface area contributed by atoms with E-state index in [1.165, 1.54) is 46.7 Å². The van der Waals surface area contributed by atoms with E-state index in [0.29, 0.717) is 0 Å². The third kappa shape index (κ3) is 2.58. The van der Waals surface area contributed by atoms with Gasteiger partial charge in [-0.1, -0.05) is 12.1 Å². The molecule has 2 nitrogen and oxygen atoms in total. The summed E-state index contributed by atoms with van der Waals surface area (Å²) < 4.78 is 1.43. The summed E-state index contributed by atoms with van der Waals surface area (Å²) in [7, 11) is 2.21.